The second kappa shape index (κ2) is 5.57. The van der Waals surface area contributed by atoms with Crippen LogP contribution in [0, 0.1) is 5.41 Å². The van der Waals surface area contributed by atoms with Crippen LogP contribution in [0.3, 0.4) is 0 Å². The van der Waals surface area contributed by atoms with E-state index in [0.29, 0.717) is 16.7 Å². The Bertz CT molecular complexity index is 459. The second-order valence-corrected chi connectivity index (χ2v) is 5.88. The maximum atomic E-state index is 12.5. The summed E-state index contributed by atoms with van der Waals surface area (Å²) in [6.45, 7) is 6.13. The second-order valence-electron chi connectivity index (χ2n) is 5.88. The van der Waals surface area contributed by atoms with Crippen molar-refractivity contribution in [1.29, 1.82) is 0 Å². The van der Waals surface area contributed by atoms with Crippen LogP contribution in [0.15, 0.2) is 18.5 Å². The highest BCUT2D eigenvalue weighted by Gasteiger charge is 2.26. The maximum Gasteiger partial charge on any atom is 0.257 e. The van der Waals surface area contributed by atoms with Crippen molar-refractivity contribution in [3.63, 3.8) is 0 Å². The summed E-state index contributed by atoms with van der Waals surface area (Å²) >= 11 is 0. The number of nitrogens with two attached hydrogens (primary N) is 1. The van der Waals surface area contributed by atoms with Crippen LogP contribution < -0.4 is 11.3 Å². The topological polar surface area (TPSA) is 71.2 Å². The zero-order valence-electron chi connectivity index (χ0n) is 11.6. The Morgan fingerprint density at radius 3 is 2.95 bits per heavy atom. The fourth-order valence-electron chi connectivity index (χ4n) is 2.49. The van der Waals surface area contributed by atoms with Gasteiger partial charge in [0.15, 0.2) is 0 Å². The zero-order chi connectivity index (χ0) is 13.9. The van der Waals surface area contributed by atoms with Gasteiger partial charge >= 0.3 is 0 Å². The van der Waals surface area contributed by atoms with Crippen LogP contribution in [0.4, 0.5) is 5.69 Å². The molecule has 0 bridgehead atoms. The van der Waals surface area contributed by atoms with E-state index in [-0.39, 0.29) is 5.91 Å². The molecule has 0 aliphatic carbocycles. The minimum absolute atomic E-state index is 0.0127. The Kier molecular flexibility index (Phi) is 4.04. The van der Waals surface area contributed by atoms with E-state index in [9.17, 15) is 4.79 Å². The van der Waals surface area contributed by atoms with E-state index >= 15 is 0 Å². The van der Waals surface area contributed by atoms with Crippen molar-refractivity contribution in [3.8, 4) is 0 Å². The summed E-state index contributed by atoms with van der Waals surface area (Å²) in [4.78, 5) is 18.5. The fourth-order valence-corrected chi connectivity index (χ4v) is 2.49. The number of anilines is 1. The highest BCUT2D eigenvalue weighted by Crippen LogP contribution is 2.30. The first-order valence-electron chi connectivity index (χ1n) is 6.73. The third-order valence-electron chi connectivity index (χ3n) is 3.83. The quantitative estimate of drug-likeness (QED) is 0.632. The van der Waals surface area contributed by atoms with Gasteiger partial charge in [-0.2, -0.15) is 0 Å². The summed E-state index contributed by atoms with van der Waals surface area (Å²) in [6.07, 6.45) is 6.44. The molecule has 1 aliphatic rings. The van der Waals surface area contributed by atoms with Gasteiger partial charge in [0, 0.05) is 25.5 Å². The van der Waals surface area contributed by atoms with E-state index in [2.05, 4.69) is 24.3 Å². The lowest BCUT2D eigenvalue weighted by Crippen LogP contribution is -2.33. The molecule has 1 fully saturated rings. The van der Waals surface area contributed by atoms with Gasteiger partial charge in [-0.1, -0.05) is 13.8 Å². The molecule has 1 aliphatic heterocycles. The number of amides is 1. The fraction of sp³-hybridized carbons (Fsp3) is 0.571. The normalized spacial score (nSPS) is 18.8. The number of nitrogens with zero attached hydrogens (tertiary/aromatic N) is 2. The van der Waals surface area contributed by atoms with Crippen LogP contribution in [-0.2, 0) is 0 Å². The van der Waals surface area contributed by atoms with Gasteiger partial charge in [-0.3, -0.25) is 15.6 Å². The molecule has 1 amide bonds. The Morgan fingerprint density at radius 1 is 1.42 bits per heavy atom. The summed E-state index contributed by atoms with van der Waals surface area (Å²) in [5.74, 6) is 5.46. The Morgan fingerprint density at radius 2 is 2.21 bits per heavy atom. The summed E-state index contributed by atoms with van der Waals surface area (Å²) in [6, 6.07) is 1.72. The molecule has 0 atom stereocenters. The Labute approximate surface area is 114 Å². The van der Waals surface area contributed by atoms with E-state index in [0.717, 1.165) is 32.4 Å². The molecule has 2 heterocycles. The lowest BCUT2D eigenvalue weighted by Gasteiger charge is -2.24. The van der Waals surface area contributed by atoms with E-state index in [1.165, 1.54) is 0 Å². The molecule has 1 saturated heterocycles. The van der Waals surface area contributed by atoms with Gasteiger partial charge in [-0.15, -0.1) is 0 Å². The highest BCUT2D eigenvalue weighted by molar-refractivity contribution is 5.99. The summed E-state index contributed by atoms with van der Waals surface area (Å²) in [7, 11) is 0. The molecule has 0 unspecified atom stereocenters. The van der Waals surface area contributed by atoms with Crippen molar-refractivity contribution in [2.45, 2.75) is 33.1 Å². The summed E-state index contributed by atoms with van der Waals surface area (Å²) in [5, 5.41) is 0. The highest BCUT2D eigenvalue weighted by atomic mass is 16.2. The maximum absolute atomic E-state index is 12.5. The third kappa shape index (κ3) is 3.23. The lowest BCUT2D eigenvalue weighted by molar-refractivity contribution is 0.0758. The number of hydrogen-bond donors (Lipinski definition) is 2. The first-order valence-corrected chi connectivity index (χ1v) is 6.73. The van der Waals surface area contributed by atoms with Crippen LogP contribution in [0.5, 0.6) is 0 Å². The van der Waals surface area contributed by atoms with E-state index in [1.54, 1.807) is 18.5 Å². The van der Waals surface area contributed by atoms with Crippen molar-refractivity contribution < 1.29 is 4.79 Å². The predicted molar refractivity (Wildman–Crippen MR) is 75.6 cm³/mol. The number of nitrogens with one attached hydrogen (secondary N) is 1. The standard InChI is InChI=1S/C14H22N4O/c1-14(2)5-3-8-18(9-6-14)13(19)11-10-16-7-4-12(11)17-15/h4,7,10H,3,5-6,8-9,15H2,1-2H3,(H,16,17). The molecule has 2 rings (SSSR count). The largest absolute Gasteiger partial charge is 0.339 e. The van der Waals surface area contributed by atoms with Gasteiger partial charge in [-0.05, 0) is 30.7 Å². The van der Waals surface area contributed by atoms with Crippen molar-refractivity contribution >= 4 is 11.6 Å². The van der Waals surface area contributed by atoms with Crippen molar-refractivity contribution in [1.82, 2.24) is 9.88 Å². The van der Waals surface area contributed by atoms with Gasteiger partial charge in [0.25, 0.3) is 5.91 Å². The third-order valence-corrected chi connectivity index (χ3v) is 3.83. The molecule has 0 aromatic carbocycles. The van der Waals surface area contributed by atoms with Crippen LogP contribution >= 0.6 is 0 Å². The van der Waals surface area contributed by atoms with Crippen molar-refractivity contribution in [2.75, 3.05) is 18.5 Å². The molecular formula is C14H22N4O. The van der Waals surface area contributed by atoms with Gasteiger partial charge < -0.3 is 10.3 Å². The van der Waals surface area contributed by atoms with Gasteiger partial charge in [0.1, 0.15) is 0 Å². The number of hydrogen-bond acceptors (Lipinski definition) is 4. The predicted octanol–water partition coefficient (Wildman–Crippen LogP) is 2.02. The van der Waals surface area contributed by atoms with Crippen LogP contribution in [0.2, 0.25) is 0 Å². The number of likely N-dealkylation sites (tertiary alicyclic amines) is 1. The number of pyridine rings is 1. The Balaban J connectivity index is 2.15. The number of hydrazine groups is 1. The molecule has 5 nitrogen and oxygen atoms in total. The molecule has 0 spiro atoms. The molecule has 1 aromatic heterocycles. The van der Waals surface area contributed by atoms with Crippen molar-refractivity contribution in [3.05, 3.63) is 24.0 Å². The van der Waals surface area contributed by atoms with Crippen LogP contribution in [0.1, 0.15) is 43.5 Å². The molecule has 1 aromatic rings. The molecular weight excluding hydrogens is 240 g/mol. The monoisotopic (exact) mass is 262 g/mol. The SMILES string of the molecule is CC1(C)CCCN(C(=O)c2cnccc2NN)CC1. The smallest absolute Gasteiger partial charge is 0.257 e. The molecule has 5 heteroatoms. The van der Waals surface area contributed by atoms with Crippen LogP contribution in [-0.4, -0.2) is 28.9 Å². The molecule has 0 radical (unpaired) electrons. The minimum atomic E-state index is 0.0127. The first-order chi connectivity index (χ1) is 9.03. The molecule has 104 valence electrons. The van der Waals surface area contributed by atoms with Gasteiger partial charge in [0.2, 0.25) is 0 Å². The average molecular weight is 262 g/mol. The summed E-state index contributed by atoms with van der Waals surface area (Å²) < 4.78 is 0. The van der Waals surface area contributed by atoms with E-state index in [1.807, 2.05) is 4.90 Å². The lowest BCUT2D eigenvalue weighted by atomic mass is 9.85. The first kappa shape index (κ1) is 13.8. The Hall–Kier alpha value is -1.62. The van der Waals surface area contributed by atoms with Crippen LogP contribution in [0.25, 0.3) is 0 Å². The van der Waals surface area contributed by atoms with Crippen molar-refractivity contribution in [2.24, 2.45) is 11.3 Å². The number of carbonyl (C=O) groups excluding carboxylic acids is 1. The number of aromatic nitrogens is 1. The molecule has 19 heavy (non-hydrogen) atoms. The number of nitrogen functional groups attached to an aromatic ring is 1. The minimum Gasteiger partial charge on any atom is -0.339 e. The average Bonchev–Trinajstić information content (AvgIpc) is 2.59. The van der Waals surface area contributed by atoms with Gasteiger partial charge in [-0.25, -0.2) is 0 Å². The molecule has 0 saturated carbocycles. The number of carbonyl (C=O) groups is 1. The van der Waals surface area contributed by atoms with Gasteiger partial charge in [0.05, 0.1) is 11.3 Å². The zero-order valence-corrected chi connectivity index (χ0v) is 11.6. The number of rotatable bonds is 2. The molecule has 3 N–H and O–H groups in total. The van der Waals surface area contributed by atoms with E-state index in [4.69, 9.17) is 5.84 Å². The summed E-state index contributed by atoms with van der Waals surface area (Å²) in [5.41, 5.74) is 4.05. The van der Waals surface area contributed by atoms with E-state index < -0.39 is 0 Å².